The molecule has 1 fully saturated rings. The number of carbonyl (C=O) groups excluding carboxylic acids is 1. The number of nitrogens with two attached hydrogens (primary N) is 1. The number of nitrogens with one attached hydrogen (secondary N) is 1. The molecule has 1 aliphatic rings. The van der Waals surface area contributed by atoms with Gasteiger partial charge in [0.1, 0.15) is 0 Å². The summed E-state index contributed by atoms with van der Waals surface area (Å²) in [5, 5.41) is 2.86. The van der Waals surface area contributed by atoms with Gasteiger partial charge in [0.25, 0.3) is 0 Å². The first-order valence-corrected chi connectivity index (χ1v) is 5.62. The lowest BCUT2D eigenvalue weighted by atomic mass is 9.89. The van der Waals surface area contributed by atoms with Crippen LogP contribution in [-0.4, -0.2) is 30.7 Å². The normalized spacial score (nSPS) is 37.7. The second-order valence-electron chi connectivity index (χ2n) is 4.65. The van der Waals surface area contributed by atoms with Crippen LogP contribution in [0.4, 0.5) is 0 Å². The second-order valence-corrected chi connectivity index (χ2v) is 4.65. The Morgan fingerprint density at radius 3 is 2.40 bits per heavy atom. The molecule has 0 radical (unpaired) electrons. The van der Waals surface area contributed by atoms with Crippen molar-refractivity contribution in [2.24, 2.45) is 17.6 Å². The van der Waals surface area contributed by atoms with Crippen molar-refractivity contribution in [2.75, 3.05) is 6.54 Å². The SMILES string of the molecule is CC(N)CNC(=O)C1C(C)OC(C)C1C. The maximum atomic E-state index is 11.9. The predicted molar refractivity (Wildman–Crippen MR) is 59.3 cm³/mol. The molecule has 88 valence electrons. The summed E-state index contributed by atoms with van der Waals surface area (Å²) in [5.41, 5.74) is 5.59. The van der Waals surface area contributed by atoms with Gasteiger partial charge in [-0.2, -0.15) is 0 Å². The third-order valence-corrected chi connectivity index (χ3v) is 3.14. The van der Waals surface area contributed by atoms with Gasteiger partial charge in [-0.1, -0.05) is 6.92 Å². The molecule has 15 heavy (non-hydrogen) atoms. The van der Waals surface area contributed by atoms with E-state index in [1.54, 1.807) is 0 Å². The zero-order valence-electron chi connectivity index (χ0n) is 9.99. The van der Waals surface area contributed by atoms with Crippen LogP contribution < -0.4 is 11.1 Å². The quantitative estimate of drug-likeness (QED) is 0.719. The van der Waals surface area contributed by atoms with Gasteiger partial charge in [-0.05, 0) is 26.7 Å². The Bertz CT molecular complexity index is 231. The molecule has 0 bridgehead atoms. The molecule has 4 nitrogen and oxygen atoms in total. The van der Waals surface area contributed by atoms with Gasteiger partial charge in [-0.3, -0.25) is 4.79 Å². The Hall–Kier alpha value is -0.610. The fourth-order valence-electron chi connectivity index (χ4n) is 2.10. The molecule has 0 saturated carbocycles. The van der Waals surface area contributed by atoms with Gasteiger partial charge in [-0.25, -0.2) is 0 Å². The Morgan fingerprint density at radius 1 is 1.40 bits per heavy atom. The van der Waals surface area contributed by atoms with Crippen molar-refractivity contribution in [3.63, 3.8) is 0 Å². The molecular formula is C11H22N2O2. The van der Waals surface area contributed by atoms with E-state index in [0.717, 1.165) is 0 Å². The third kappa shape index (κ3) is 2.92. The van der Waals surface area contributed by atoms with Crippen LogP contribution in [0.3, 0.4) is 0 Å². The highest BCUT2D eigenvalue weighted by Gasteiger charge is 2.41. The lowest BCUT2D eigenvalue weighted by molar-refractivity contribution is -0.127. The average Bonchev–Trinajstić information content (AvgIpc) is 2.37. The van der Waals surface area contributed by atoms with Crippen molar-refractivity contribution in [1.29, 1.82) is 0 Å². The van der Waals surface area contributed by atoms with Crippen molar-refractivity contribution in [2.45, 2.75) is 45.9 Å². The summed E-state index contributed by atoms with van der Waals surface area (Å²) in [6.07, 6.45) is 0.161. The summed E-state index contributed by atoms with van der Waals surface area (Å²) >= 11 is 0. The fourth-order valence-corrected chi connectivity index (χ4v) is 2.10. The van der Waals surface area contributed by atoms with Gasteiger partial charge in [0.2, 0.25) is 5.91 Å². The summed E-state index contributed by atoms with van der Waals surface area (Å²) < 4.78 is 5.62. The van der Waals surface area contributed by atoms with Crippen LogP contribution in [0.15, 0.2) is 0 Å². The molecule has 0 aromatic heterocycles. The molecule has 0 aromatic carbocycles. The molecule has 5 unspecified atom stereocenters. The van der Waals surface area contributed by atoms with Gasteiger partial charge in [-0.15, -0.1) is 0 Å². The summed E-state index contributed by atoms with van der Waals surface area (Å²) in [5.74, 6) is 0.295. The van der Waals surface area contributed by atoms with Crippen molar-refractivity contribution < 1.29 is 9.53 Å². The van der Waals surface area contributed by atoms with Crippen LogP contribution in [0, 0.1) is 11.8 Å². The topological polar surface area (TPSA) is 64.3 Å². The number of ether oxygens (including phenoxy) is 1. The van der Waals surface area contributed by atoms with Crippen molar-refractivity contribution in [1.82, 2.24) is 5.32 Å². The minimum Gasteiger partial charge on any atom is -0.374 e. The summed E-state index contributed by atoms with van der Waals surface area (Å²) in [6.45, 7) is 8.43. The molecule has 1 aliphatic heterocycles. The Kier molecular flexibility index (Phi) is 4.11. The molecule has 5 atom stereocenters. The number of rotatable bonds is 3. The molecule has 0 spiro atoms. The van der Waals surface area contributed by atoms with Crippen molar-refractivity contribution in [3.8, 4) is 0 Å². The van der Waals surface area contributed by atoms with Crippen LogP contribution in [0.1, 0.15) is 27.7 Å². The number of carbonyl (C=O) groups is 1. The molecule has 4 heteroatoms. The first-order valence-electron chi connectivity index (χ1n) is 5.62. The van der Waals surface area contributed by atoms with Gasteiger partial charge >= 0.3 is 0 Å². The van der Waals surface area contributed by atoms with E-state index < -0.39 is 0 Å². The smallest absolute Gasteiger partial charge is 0.226 e. The maximum Gasteiger partial charge on any atom is 0.226 e. The number of hydrogen-bond acceptors (Lipinski definition) is 3. The van der Waals surface area contributed by atoms with Crippen LogP contribution in [0.25, 0.3) is 0 Å². The van der Waals surface area contributed by atoms with Crippen LogP contribution >= 0.6 is 0 Å². The number of amides is 1. The van der Waals surface area contributed by atoms with E-state index in [4.69, 9.17) is 10.5 Å². The molecule has 0 aliphatic carbocycles. The Morgan fingerprint density at radius 2 is 2.00 bits per heavy atom. The fraction of sp³-hybridized carbons (Fsp3) is 0.909. The molecule has 3 N–H and O–H groups in total. The Labute approximate surface area is 91.5 Å². The van der Waals surface area contributed by atoms with E-state index in [1.165, 1.54) is 0 Å². The minimum atomic E-state index is -0.0428. The zero-order chi connectivity index (χ0) is 11.6. The third-order valence-electron chi connectivity index (χ3n) is 3.14. The first kappa shape index (κ1) is 12.5. The van der Waals surface area contributed by atoms with E-state index in [-0.39, 0.29) is 36.0 Å². The average molecular weight is 214 g/mol. The molecule has 1 saturated heterocycles. The van der Waals surface area contributed by atoms with Gasteiger partial charge < -0.3 is 15.8 Å². The first-order chi connectivity index (χ1) is 6.93. The zero-order valence-corrected chi connectivity index (χ0v) is 9.99. The second kappa shape index (κ2) is 4.94. The molecule has 1 rings (SSSR count). The monoisotopic (exact) mass is 214 g/mol. The molecule has 1 amide bonds. The molecular weight excluding hydrogens is 192 g/mol. The summed E-state index contributed by atoms with van der Waals surface area (Å²) in [6, 6.07) is -0.000642. The van der Waals surface area contributed by atoms with E-state index in [2.05, 4.69) is 12.2 Å². The van der Waals surface area contributed by atoms with Crippen molar-refractivity contribution in [3.05, 3.63) is 0 Å². The van der Waals surface area contributed by atoms with Gasteiger partial charge in [0, 0.05) is 12.6 Å². The van der Waals surface area contributed by atoms with Crippen LogP contribution in [0.2, 0.25) is 0 Å². The molecule has 1 heterocycles. The standard InChI is InChI=1S/C11H22N2O2/c1-6(12)5-13-11(14)10-7(2)8(3)15-9(10)4/h6-10H,5,12H2,1-4H3,(H,13,14). The van der Waals surface area contributed by atoms with E-state index in [0.29, 0.717) is 6.54 Å². The summed E-state index contributed by atoms with van der Waals surface area (Å²) in [4.78, 5) is 11.9. The van der Waals surface area contributed by atoms with Crippen LogP contribution in [0.5, 0.6) is 0 Å². The summed E-state index contributed by atoms with van der Waals surface area (Å²) in [7, 11) is 0. The van der Waals surface area contributed by atoms with Gasteiger partial charge in [0.15, 0.2) is 0 Å². The Balaban J connectivity index is 2.51. The predicted octanol–water partition coefficient (Wildman–Crippen LogP) is 0.509. The lowest BCUT2D eigenvalue weighted by Crippen LogP contribution is -2.42. The van der Waals surface area contributed by atoms with Crippen molar-refractivity contribution >= 4 is 5.91 Å². The van der Waals surface area contributed by atoms with Crippen LogP contribution in [-0.2, 0) is 9.53 Å². The van der Waals surface area contributed by atoms with E-state index in [1.807, 2.05) is 20.8 Å². The highest BCUT2D eigenvalue weighted by Crippen LogP contribution is 2.32. The molecule has 0 aromatic rings. The minimum absolute atomic E-state index is 0.000642. The number of hydrogen-bond donors (Lipinski definition) is 2. The van der Waals surface area contributed by atoms with Gasteiger partial charge in [0.05, 0.1) is 18.1 Å². The van der Waals surface area contributed by atoms with E-state index in [9.17, 15) is 4.79 Å². The largest absolute Gasteiger partial charge is 0.374 e. The lowest BCUT2D eigenvalue weighted by Gasteiger charge is -2.18. The van der Waals surface area contributed by atoms with E-state index >= 15 is 0 Å². The highest BCUT2D eigenvalue weighted by atomic mass is 16.5. The maximum absolute atomic E-state index is 11.9. The highest BCUT2D eigenvalue weighted by molar-refractivity contribution is 5.79.